The molecular formula is C19H32FIN4O2. The maximum absolute atomic E-state index is 13.7. The molecular weight excluding hydrogens is 462 g/mol. The highest BCUT2D eigenvalue weighted by molar-refractivity contribution is 14.0. The molecule has 1 aliphatic heterocycles. The quantitative estimate of drug-likeness (QED) is 0.239. The summed E-state index contributed by atoms with van der Waals surface area (Å²) in [7, 11) is 1.56. The van der Waals surface area contributed by atoms with Crippen molar-refractivity contribution in [2.24, 2.45) is 4.99 Å². The summed E-state index contributed by atoms with van der Waals surface area (Å²) in [6.45, 7) is 9.23. The van der Waals surface area contributed by atoms with Crippen molar-refractivity contribution in [2.45, 2.75) is 26.5 Å². The first-order valence-electron chi connectivity index (χ1n) is 9.31. The van der Waals surface area contributed by atoms with Gasteiger partial charge in [-0.2, -0.15) is 0 Å². The minimum Gasteiger partial charge on any atom is -0.380 e. The van der Waals surface area contributed by atoms with E-state index in [2.05, 4.69) is 20.5 Å². The van der Waals surface area contributed by atoms with Gasteiger partial charge in [-0.1, -0.05) is 6.07 Å². The summed E-state index contributed by atoms with van der Waals surface area (Å²) in [5.41, 5.74) is 1.52. The molecule has 154 valence electrons. The molecule has 0 amide bonds. The highest BCUT2D eigenvalue weighted by atomic mass is 127. The van der Waals surface area contributed by atoms with Crippen LogP contribution in [0.4, 0.5) is 4.39 Å². The van der Waals surface area contributed by atoms with Gasteiger partial charge >= 0.3 is 0 Å². The van der Waals surface area contributed by atoms with E-state index in [1.807, 2.05) is 13.0 Å². The fourth-order valence-corrected chi connectivity index (χ4v) is 2.84. The highest BCUT2D eigenvalue weighted by Crippen LogP contribution is 2.12. The molecule has 1 aliphatic rings. The number of halogens is 2. The summed E-state index contributed by atoms with van der Waals surface area (Å²) >= 11 is 0. The van der Waals surface area contributed by atoms with Crippen LogP contribution in [0.25, 0.3) is 0 Å². The van der Waals surface area contributed by atoms with Crippen molar-refractivity contribution in [3.05, 3.63) is 35.1 Å². The van der Waals surface area contributed by atoms with Crippen LogP contribution >= 0.6 is 24.0 Å². The lowest BCUT2D eigenvalue weighted by Gasteiger charge is -2.26. The van der Waals surface area contributed by atoms with Gasteiger partial charge in [-0.05, 0) is 37.6 Å². The van der Waals surface area contributed by atoms with Crippen LogP contribution in [0, 0.1) is 5.82 Å². The van der Waals surface area contributed by atoms with Crippen LogP contribution in [0.1, 0.15) is 24.5 Å². The van der Waals surface area contributed by atoms with Gasteiger partial charge < -0.3 is 20.1 Å². The van der Waals surface area contributed by atoms with Gasteiger partial charge in [0.2, 0.25) is 0 Å². The molecule has 0 aliphatic carbocycles. The Kier molecular flexibility index (Phi) is 12.6. The number of rotatable bonds is 9. The molecule has 0 radical (unpaired) electrons. The standard InChI is InChI=1S/C19H31FN4O2.HI/c1-3-21-19(22-7-4-8-24-9-11-26-12-10-24)23-14-16-5-6-18(20)17(13-16)15-25-2;/h5-6,13H,3-4,7-12,14-15H2,1-2H3,(H2,21,22,23);1H. The molecule has 0 bridgehead atoms. The van der Waals surface area contributed by atoms with E-state index in [9.17, 15) is 4.39 Å². The number of aliphatic imine (C=N–C) groups is 1. The molecule has 0 saturated carbocycles. The Balaban J connectivity index is 0.00000364. The predicted molar refractivity (Wildman–Crippen MR) is 117 cm³/mol. The summed E-state index contributed by atoms with van der Waals surface area (Å²) in [6, 6.07) is 5.05. The SMILES string of the molecule is CCNC(=NCc1ccc(F)c(COC)c1)NCCCN1CCOCC1.I. The van der Waals surface area contributed by atoms with E-state index in [0.717, 1.165) is 63.9 Å². The monoisotopic (exact) mass is 494 g/mol. The molecule has 2 N–H and O–H groups in total. The first kappa shape index (κ1) is 24.1. The molecule has 27 heavy (non-hydrogen) atoms. The second-order valence-electron chi connectivity index (χ2n) is 6.29. The number of nitrogens with one attached hydrogen (secondary N) is 2. The lowest BCUT2D eigenvalue weighted by atomic mass is 10.1. The summed E-state index contributed by atoms with van der Waals surface area (Å²) in [4.78, 5) is 7.02. The Morgan fingerprint density at radius 2 is 2.07 bits per heavy atom. The van der Waals surface area contributed by atoms with E-state index in [4.69, 9.17) is 9.47 Å². The minimum absolute atomic E-state index is 0. The van der Waals surface area contributed by atoms with E-state index in [1.54, 1.807) is 13.2 Å². The molecule has 1 heterocycles. The van der Waals surface area contributed by atoms with Crippen molar-refractivity contribution in [1.29, 1.82) is 0 Å². The second kappa shape index (κ2) is 14.1. The Bertz CT molecular complexity index is 569. The molecule has 0 atom stereocenters. The zero-order chi connectivity index (χ0) is 18.6. The lowest BCUT2D eigenvalue weighted by Crippen LogP contribution is -2.40. The Morgan fingerprint density at radius 1 is 1.30 bits per heavy atom. The average molecular weight is 494 g/mol. The number of morpholine rings is 1. The number of hydrogen-bond donors (Lipinski definition) is 2. The Hall–Kier alpha value is -0.970. The lowest BCUT2D eigenvalue weighted by molar-refractivity contribution is 0.0376. The Labute approximate surface area is 178 Å². The molecule has 2 rings (SSSR count). The van der Waals surface area contributed by atoms with Gasteiger partial charge in [0, 0.05) is 38.9 Å². The van der Waals surface area contributed by atoms with Gasteiger partial charge in [0.05, 0.1) is 26.4 Å². The van der Waals surface area contributed by atoms with Crippen LogP contribution in [-0.2, 0) is 22.6 Å². The zero-order valence-corrected chi connectivity index (χ0v) is 18.6. The van der Waals surface area contributed by atoms with Crippen molar-refractivity contribution in [2.75, 3.05) is 53.0 Å². The molecule has 0 unspecified atom stereocenters. The predicted octanol–water partition coefficient (Wildman–Crippen LogP) is 2.37. The molecule has 0 aromatic heterocycles. The maximum Gasteiger partial charge on any atom is 0.191 e. The third-order valence-electron chi connectivity index (χ3n) is 4.22. The van der Waals surface area contributed by atoms with Crippen LogP contribution in [0.15, 0.2) is 23.2 Å². The van der Waals surface area contributed by atoms with Gasteiger partial charge in [0.15, 0.2) is 5.96 Å². The molecule has 0 spiro atoms. The van der Waals surface area contributed by atoms with E-state index in [-0.39, 0.29) is 36.4 Å². The van der Waals surface area contributed by atoms with Gasteiger partial charge in [0.25, 0.3) is 0 Å². The molecule has 6 nitrogen and oxygen atoms in total. The first-order chi connectivity index (χ1) is 12.7. The number of benzene rings is 1. The fraction of sp³-hybridized carbons (Fsp3) is 0.632. The Morgan fingerprint density at radius 3 is 2.78 bits per heavy atom. The van der Waals surface area contributed by atoms with Crippen molar-refractivity contribution in [3.8, 4) is 0 Å². The fourth-order valence-electron chi connectivity index (χ4n) is 2.84. The van der Waals surface area contributed by atoms with Crippen molar-refractivity contribution in [3.63, 3.8) is 0 Å². The van der Waals surface area contributed by atoms with Crippen molar-refractivity contribution < 1.29 is 13.9 Å². The number of hydrogen-bond acceptors (Lipinski definition) is 4. The largest absolute Gasteiger partial charge is 0.380 e. The molecule has 1 saturated heterocycles. The third kappa shape index (κ3) is 9.18. The summed E-state index contributed by atoms with van der Waals surface area (Å²) in [5.74, 6) is 0.541. The van der Waals surface area contributed by atoms with E-state index in [1.165, 1.54) is 6.07 Å². The second-order valence-corrected chi connectivity index (χ2v) is 6.29. The molecule has 1 aromatic rings. The number of guanidine groups is 1. The van der Waals surface area contributed by atoms with Crippen molar-refractivity contribution in [1.82, 2.24) is 15.5 Å². The zero-order valence-electron chi connectivity index (χ0n) is 16.3. The molecule has 1 aromatic carbocycles. The molecule has 8 heteroatoms. The smallest absolute Gasteiger partial charge is 0.191 e. The summed E-state index contributed by atoms with van der Waals surface area (Å²) in [6.07, 6.45) is 1.05. The number of nitrogens with zero attached hydrogens (tertiary/aromatic N) is 2. The van der Waals surface area contributed by atoms with Crippen LogP contribution in [0.3, 0.4) is 0 Å². The topological polar surface area (TPSA) is 58.1 Å². The van der Waals surface area contributed by atoms with Gasteiger partial charge in [-0.25, -0.2) is 9.38 Å². The van der Waals surface area contributed by atoms with Crippen LogP contribution in [-0.4, -0.2) is 63.9 Å². The van der Waals surface area contributed by atoms with Gasteiger partial charge in [-0.15, -0.1) is 24.0 Å². The van der Waals surface area contributed by atoms with Crippen LogP contribution in [0.5, 0.6) is 0 Å². The van der Waals surface area contributed by atoms with E-state index < -0.39 is 0 Å². The van der Waals surface area contributed by atoms with E-state index in [0.29, 0.717) is 12.1 Å². The van der Waals surface area contributed by atoms with Crippen LogP contribution in [0.2, 0.25) is 0 Å². The van der Waals surface area contributed by atoms with Gasteiger partial charge in [-0.3, -0.25) is 4.90 Å². The number of methoxy groups -OCH3 is 1. The third-order valence-corrected chi connectivity index (χ3v) is 4.22. The van der Waals surface area contributed by atoms with Crippen LogP contribution < -0.4 is 10.6 Å². The van der Waals surface area contributed by atoms with Gasteiger partial charge in [0.1, 0.15) is 5.82 Å². The van der Waals surface area contributed by atoms with E-state index >= 15 is 0 Å². The first-order valence-corrected chi connectivity index (χ1v) is 9.31. The average Bonchev–Trinajstić information content (AvgIpc) is 2.66. The summed E-state index contributed by atoms with van der Waals surface area (Å²) < 4.78 is 24.1. The summed E-state index contributed by atoms with van der Waals surface area (Å²) in [5, 5.41) is 6.61. The highest BCUT2D eigenvalue weighted by Gasteiger charge is 2.09. The van der Waals surface area contributed by atoms with Crippen molar-refractivity contribution >= 4 is 29.9 Å². The molecule has 1 fully saturated rings. The normalized spacial score (nSPS) is 15.3. The minimum atomic E-state index is -0.243. The number of ether oxygens (including phenoxy) is 2. The maximum atomic E-state index is 13.7.